The lowest BCUT2D eigenvalue weighted by atomic mass is 10.1. The van der Waals surface area contributed by atoms with Crippen molar-refractivity contribution in [1.29, 1.82) is 0 Å². The molecule has 1 heterocycles. The number of benzene rings is 1. The number of phenols is 1. The summed E-state index contributed by atoms with van der Waals surface area (Å²) in [7, 11) is -3.48. The Kier molecular flexibility index (Phi) is 5.43. The van der Waals surface area contributed by atoms with Gasteiger partial charge in [0.05, 0.1) is 0 Å². The fourth-order valence-electron chi connectivity index (χ4n) is 1.89. The van der Waals surface area contributed by atoms with Crippen molar-refractivity contribution in [3.05, 3.63) is 45.7 Å². The van der Waals surface area contributed by atoms with Crippen LogP contribution in [-0.4, -0.2) is 19.6 Å². The Morgan fingerprint density at radius 1 is 1.29 bits per heavy atom. The summed E-state index contributed by atoms with van der Waals surface area (Å²) in [5.41, 5.74) is 1.07. The molecule has 0 saturated heterocycles. The third-order valence-corrected chi connectivity index (χ3v) is 7.25. The van der Waals surface area contributed by atoms with Gasteiger partial charge in [-0.05, 0) is 64.8 Å². The highest BCUT2D eigenvalue weighted by atomic mass is 79.9. The molecule has 2 aromatic rings. The minimum atomic E-state index is -3.48. The van der Waals surface area contributed by atoms with E-state index >= 15 is 0 Å². The van der Waals surface area contributed by atoms with Crippen LogP contribution in [0.3, 0.4) is 0 Å². The molecule has 7 heteroatoms. The molecule has 1 aromatic carbocycles. The van der Waals surface area contributed by atoms with Gasteiger partial charge in [0, 0.05) is 10.5 Å². The molecule has 1 unspecified atom stereocenters. The van der Waals surface area contributed by atoms with Crippen LogP contribution < -0.4 is 4.72 Å². The molecule has 4 nitrogen and oxygen atoms in total. The smallest absolute Gasteiger partial charge is 0.251 e. The molecule has 0 aliphatic heterocycles. The highest BCUT2D eigenvalue weighted by molar-refractivity contribution is 9.10. The highest BCUT2D eigenvalue weighted by Gasteiger charge is 2.21. The molecule has 0 bridgehead atoms. The van der Waals surface area contributed by atoms with Crippen molar-refractivity contribution >= 4 is 37.3 Å². The first-order chi connectivity index (χ1) is 9.88. The predicted octanol–water partition coefficient (Wildman–Crippen LogP) is 3.52. The second kappa shape index (κ2) is 6.91. The molecule has 0 radical (unpaired) electrons. The second-order valence-corrected chi connectivity index (χ2v) is 8.46. The Morgan fingerprint density at radius 2 is 1.95 bits per heavy atom. The van der Waals surface area contributed by atoms with Gasteiger partial charge in [-0.1, -0.05) is 12.1 Å². The van der Waals surface area contributed by atoms with Gasteiger partial charge in [0.1, 0.15) is 9.96 Å². The Balaban J connectivity index is 1.94. The fourth-order valence-corrected chi connectivity index (χ4v) is 5.53. The summed E-state index contributed by atoms with van der Waals surface area (Å²) in [5, 5.41) is 11.0. The van der Waals surface area contributed by atoms with Crippen LogP contribution in [0.4, 0.5) is 0 Å². The number of sulfonamides is 1. The molecule has 0 fully saturated rings. The number of hydrogen-bond donors (Lipinski definition) is 2. The predicted molar refractivity (Wildman–Crippen MR) is 88.2 cm³/mol. The molecule has 1 atom stereocenters. The molecule has 0 saturated carbocycles. The number of aryl methyl sites for hydroxylation is 1. The van der Waals surface area contributed by atoms with E-state index in [0.29, 0.717) is 15.1 Å². The van der Waals surface area contributed by atoms with E-state index in [0.717, 1.165) is 12.0 Å². The largest absolute Gasteiger partial charge is 0.508 e. The molecule has 1 aromatic heterocycles. The van der Waals surface area contributed by atoms with E-state index in [2.05, 4.69) is 20.7 Å². The van der Waals surface area contributed by atoms with Gasteiger partial charge in [-0.15, -0.1) is 11.3 Å². The average molecular weight is 390 g/mol. The number of aromatic hydroxyl groups is 1. The molecule has 0 spiro atoms. The summed E-state index contributed by atoms with van der Waals surface area (Å²) in [6.07, 6.45) is 1.43. The lowest BCUT2D eigenvalue weighted by Crippen LogP contribution is -2.32. The first-order valence-electron chi connectivity index (χ1n) is 6.42. The minimum absolute atomic E-state index is 0.169. The summed E-state index contributed by atoms with van der Waals surface area (Å²) < 4.78 is 28.0. The molecule has 21 heavy (non-hydrogen) atoms. The van der Waals surface area contributed by atoms with E-state index in [1.807, 2.05) is 19.1 Å². The highest BCUT2D eigenvalue weighted by Crippen LogP contribution is 2.27. The zero-order valence-electron chi connectivity index (χ0n) is 11.4. The number of thiophene rings is 1. The maximum atomic E-state index is 12.2. The van der Waals surface area contributed by atoms with Gasteiger partial charge >= 0.3 is 0 Å². The average Bonchev–Trinajstić information content (AvgIpc) is 2.85. The van der Waals surface area contributed by atoms with Gasteiger partial charge in [0.25, 0.3) is 10.0 Å². The van der Waals surface area contributed by atoms with E-state index in [4.69, 9.17) is 0 Å². The first-order valence-corrected chi connectivity index (χ1v) is 9.57. The van der Waals surface area contributed by atoms with Gasteiger partial charge in [0.2, 0.25) is 0 Å². The Hall–Kier alpha value is -0.890. The molecule has 0 aliphatic carbocycles. The minimum Gasteiger partial charge on any atom is -0.508 e. The van der Waals surface area contributed by atoms with Crippen LogP contribution in [0.1, 0.15) is 18.9 Å². The molecular weight excluding hydrogens is 374 g/mol. The standard InChI is InChI=1S/C14H16BrNO3S2/c1-10(2-3-11-4-6-12(17)7-5-11)16-21(18,19)14-13(15)8-9-20-14/h4-10,16-17H,2-3H2,1H3. The van der Waals surface area contributed by atoms with Crippen LogP contribution in [0, 0.1) is 0 Å². The molecule has 114 valence electrons. The number of halogens is 1. The SMILES string of the molecule is CC(CCc1ccc(O)cc1)NS(=O)(=O)c1sccc1Br. The van der Waals surface area contributed by atoms with Crippen molar-refractivity contribution in [1.82, 2.24) is 4.72 Å². The van der Waals surface area contributed by atoms with Crippen molar-refractivity contribution in [2.75, 3.05) is 0 Å². The monoisotopic (exact) mass is 389 g/mol. The van der Waals surface area contributed by atoms with E-state index in [1.165, 1.54) is 11.3 Å². The molecule has 2 N–H and O–H groups in total. The van der Waals surface area contributed by atoms with Crippen LogP contribution in [0.5, 0.6) is 5.75 Å². The lowest BCUT2D eigenvalue weighted by Gasteiger charge is -2.13. The van der Waals surface area contributed by atoms with Gasteiger partial charge in [-0.25, -0.2) is 13.1 Å². The zero-order chi connectivity index (χ0) is 15.5. The van der Waals surface area contributed by atoms with E-state index in [9.17, 15) is 13.5 Å². The third-order valence-electron chi connectivity index (χ3n) is 2.99. The second-order valence-electron chi connectivity index (χ2n) is 4.78. The third kappa shape index (κ3) is 4.54. The van der Waals surface area contributed by atoms with E-state index in [-0.39, 0.29) is 11.8 Å². The normalized spacial score (nSPS) is 13.2. The van der Waals surface area contributed by atoms with Gasteiger partial charge in [-0.3, -0.25) is 0 Å². The van der Waals surface area contributed by atoms with Crippen LogP contribution >= 0.6 is 27.3 Å². The van der Waals surface area contributed by atoms with E-state index < -0.39 is 10.0 Å². The Labute approximate surface area is 137 Å². The van der Waals surface area contributed by atoms with Crippen LogP contribution in [0.25, 0.3) is 0 Å². The summed E-state index contributed by atoms with van der Waals surface area (Å²) >= 11 is 4.43. The fraction of sp³-hybridized carbons (Fsp3) is 0.286. The van der Waals surface area contributed by atoms with Gasteiger partial charge < -0.3 is 5.11 Å². The summed E-state index contributed by atoms with van der Waals surface area (Å²) in [6, 6.07) is 8.50. The maximum Gasteiger partial charge on any atom is 0.251 e. The molecule has 0 aliphatic rings. The number of rotatable bonds is 6. The molecular formula is C14H16BrNO3S2. The zero-order valence-corrected chi connectivity index (χ0v) is 14.6. The maximum absolute atomic E-state index is 12.2. The van der Waals surface area contributed by atoms with Crippen molar-refractivity contribution in [2.24, 2.45) is 0 Å². The molecule has 0 amide bonds. The lowest BCUT2D eigenvalue weighted by molar-refractivity contribution is 0.475. The summed E-state index contributed by atoms with van der Waals surface area (Å²) in [4.78, 5) is 0. The topological polar surface area (TPSA) is 66.4 Å². The Bertz CT molecular complexity index is 695. The summed E-state index contributed by atoms with van der Waals surface area (Å²) in [5.74, 6) is 0.232. The molecule has 2 rings (SSSR count). The van der Waals surface area contributed by atoms with Crippen LogP contribution in [0.2, 0.25) is 0 Å². The van der Waals surface area contributed by atoms with Crippen molar-refractivity contribution in [3.8, 4) is 5.75 Å². The number of hydrogen-bond acceptors (Lipinski definition) is 4. The number of nitrogens with one attached hydrogen (secondary N) is 1. The first kappa shape index (κ1) is 16.5. The van der Waals surface area contributed by atoms with Crippen LogP contribution in [-0.2, 0) is 16.4 Å². The Morgan fingerprint density at radius 3 is 2.52 bits per heavy atom. The number of phenolic OH excluding ortho intramolecular Hbond substituents is 1. The quantitative estimate of drug-likeness (QED) is 0.793. The van der Waals surface area contributed by atoms with Crippen molar-refractivity contribution in [3.63, 3.8) is 0 Å². The summed E-state index contributed by atoms with van der Waals surface area (Å²) in [6.45, 7) is 1.85. The van der Waals surface area contributed by atoms with Crippen molar-refractivity contribution in [2.45, 2.75) is 30.0 Å². The van der Waals surface area contributed by atoms with Crippen molar-refractivity contribution < 1.29 is 13.5 Å². The van der Waals surface area contributed by atoms with Crippen LogP contribution in [0.15, 0.2) is 44.4 Å². The van der Waals surface area contributed by atoms with Gasteiger partial charge in [0.15, 0.2) is 0 Å². The van der Waals surface area contributed by atoms with Gasteiger partial charge in [-0.2, -0.15) is 0 Å². The van der Waals surface area contributed by atoms with E-state index in [1.54, 1.807) is 23.6 Å².